The molecule has 1 amide bonds. The lowest BCUT2D eigenvalue weighted by molar-refractivity contribution is 0.102. The van der Waals surface area contributed by atoms with E-state index in [2.05, 4.69) is 15.5 Å². The van der Waals surface area contributed by atoms with Crippen LogP contribution in [0, 0.1) is 11.3 Å². The average Bonchev–Trinajstić information content (AvgIpc) is 3.25. The van der Waals surface area contributed by atoms with Gasteiger partial charge in [-0.05, 0) is 48.0 Å². The molecule has 152 valence electrons. The van der Waals surface area contributed by atoms with Crippen LogP contribution in [-0.2, 0) is 0 Å². The molecule has 30 heavy (non-hydrogen) atoms. The molecule has 0 unspecified atom stereocenters. The normalized spacial score (nSPS) is 10.9. The highest BCUT2D eigenvalue weighted by molar-refractivity contribution is 7.15. The Balaban J connectivity index is 1.74. The van der Waals surface area contributed by atoms with Gasteiger partial charge in [0.25, 0.3) is 5.91 Å². The summed E-state index contributed by atoms with van der Waals surface area (Å²) < 4.78 is 10.6. The fraction of sp³-hybridized carbons (Fsp3) is 0.100. The van der Waals surface area contributed by atoms with Crippen LogP contribution in [0.4, 0.5) is 5.69 Å². The molecule has 0 spiro atoms. The third-order valence-electron chi connectivity index (χ3n) is 3.70. The monoisotopic (exact) mass is 460 g/mol. The first kappa shape index (κ1) is 21.6. The molecule has 0 saturated heterocycles. The Morgan fingerprint density at radius 2 is 1.93 bits per heavy atom. The minimum absolute atomic E-state index is 0.0854. The van der Waals surface area contributed by atoms with E-state index in [-0.39, 0.29) is 11.6 Å². The average molecular weight is 461 g/mol. The van der Waals surface area contributed by atoms with Gasteiger partial charge in [-0.3, -0.25) is 4.79 Å². The molecule has 0 aliphatic heterocycles. The van der Waals surface area contributed by atoms with E-state index in [0.29, 0.717) is 32.2 Å². The third kappa shape index (κ3) is 5.48. The van der Waals surface area contributed by atoms with E-state index in [1.807, 2.05) is 6.07 Å². The third-order valence-corrected chi connectivity index (χ3v) is 5.31. The molecule has 0 aliphatic carbocycles. The molecule has 0 fully saturated rings. The number of nitriles is 1. The quantitative estimate of drug-likeness (QED) is 0.526. The molecule has 3 rings (SSSR count). The van der Waals surface area contributed by atoms with E-state index in [4.69, 9.17) is 37.9 Å². The van der Waals surface area contributed by atoms with Crippen molar-refractivity contribution < 1.29 is 14.3 Å². The van der Waals surface area contributed by atoms with E-state index >= 15 is 0 Å². The molecule has 3 aromatic rings. The van der Waals surface area contributed by atoms with Gasteiger partial charge in [-0.2, -0.15) is 5.26 Å². The zero-order valence-electron chi connectivity index (χ0n) is 15.6. The Labute approximate surface area is 186 Å². The van der Waals surface area contributed by atoms with Crippen LogP contribution in [-0.4, -0.2) is 29.8 Å². The number of rotatable bonds is 7. The summed E-state index contributed by atoms with van der Waals surface area (Å²) in [5, 5.41) is 20.7. The number of methoxy groups -OCH3 is 1. The molecule has 0 radical (unpaired) electrons. The smallest absolute Gasteiger partial charge is 0.286 e. The number of carbonyl (C=O) groups is 1. The fourth-order valence-corrected chi connectivity index (χ4v) is 3.39. The topological polar surface area (TPSA) is 97.1 Å². The molecule has 0 bridgehead atoms. The fourth-order valence-electron chi connectivity index (χ4n) is 2.34. The minimum atomic E-state index is -0.397. The summed E-state index contributed by atoms with van der Waals surface area (Å²) in [6.07, 6.45) is 1.67. The number of carbonyl (C=O) groups excluding carboxylic acids is 1. The lowest BCUT2D eigenvalue weighted by Crippen LogP contribution is -2.11. The second kappa shape index (κ2) is 10.1. The number of aromatic nitrogens is 2. The zero-order valence-corrected chi connectivity index (χ0v) is 17.9. The molecule has 1 aromatic heterocycles. The van der Waals surface area contributed by atoms with E-state index < -0.39 is 5.91 Å². The van der Waals surface area contributed by atoms with Crippen molar-refractivity contribution >= 4 is 57.2 Å². The van der Waals surface area contributed by atoms with Crippen molar-refractivity contribution in [2.75, 3.05) is 19.0 Å². The van der Waals surface area contributed by atoms with Crippen molar-refractivity contribution in [2.24, 2.45) is 0 Å². The lowest BCUT2D eigenvalue weighted by atomic mass is 10.2. The highest BCUT2D eigenvalue weighted by atomic mass is 35.5. The maximum absolute atomic E-state index is 12.3. The van der Waals surface area contributed by atoms with Gasteiger partial charge in [-0.15, -0.1) is 10.2 Å². The number of benzene rings is 2. The van der Waals surface area contributed by atoms with Gasteiger partial charge in [-0.25, -0.2) is 0 Å². The van der Waals surface area contributed by atoms with Crippen molar-refractivity contribution in [2.45, 2.75) is 0 Å². The number of nitrogens with zero attached hydrogens (tertiary/aromatic N) is 3. The largest absolute Gasteiger partial charge is 0.493 e. The van der Waals surface area contributed by atoms with Crippen LogP contribution < -0.4 is 14.8 Å². The van der Waals surface area contributed by atoms with Crippen molar-refractivity contribution in [1.29, 1.82) is 5.26 Å². The standard InChI is InChI=1S/C20H14Cl2N4O3S/c1-28-17-11-12(2-7-16(17)29-9-8-23)10-15(22)19-25-26-20(30-19)18(27)24-14-5-3-13(21)4-6-14/h2-7,10-11H,9H2,1H3,(H,24,27)/b15-10-. The van der Waals surface area contributed by atoms with E-state index in [1.165, 1.54) is 7.11 Å². The predicted molar refractivity (Wildman–Crippen MR) is 117 cm³/mol. The summed E-state index contributed by atoms with van der Waals surface area (Å²) in [6, 6.07) is 13.8. The van der Waals surface area contributed by atoms with Crippen LogP contribution in [0.15, 0.2) is 42.5 Å². The number of amides is 1. The number of hydrogen-bond donors (Lipinski definition) is 1. The Morgan fingerprint density at radius 3 is 2.63 bits per heavy atom. The van der Waals surface area contributed by atoms with Crippen molar-refractivity contribution in [3.05, 3.63) is 63.1 Å². The Morgan fingerprint density at radius 1 is 1.20 bits per heavy atom. The number of halogens is 2. The van der Waals surface area contributed by atoms with Gasteiger partial charge in [0, 0.05) is 10.7 Å². The SMILES string of the molecule is COc1cc(/C=C(\Cl)c2nnc(C(=O)Nc3ccc(Cl)cc3)s2)ccc1OCC#N. The first-order valence-electron chi connectivity index (χ1n) is 8.46. The second-order valence-electron chi connectivity index (χ2n) is 5.72. The van der Waals surface area contributed by atoms with Gasteiger partial charge < -0.3 is 14.8 Å². The van der Waals surface area contributed by atoms with Crippen molar-refractivity contribution in [1.82, 2.24) is 10.2 Å². The van der Waals surface area contributed by atoms with E-state index in [9.17, 15) is 4.79 Å². The van der Waals surface area contributed by atoms with Crippen LogP contribution in [0.5, 0.6) is 11.5 Å². The number of nitrogens with one attached hydrogen (secondary N) is 1. The maximum atomic E-state index is 12.3. The van der Waals surface area contributed by atoms with Crippen LogP contribution >= 0.6 is 34.5 Å². The molecule has 2 aromatic carbocycles. The first-order chi connectivity index (χ1) is 14.5. The molecule has 10 heteroatoms. The highest BCUT2D eigenvalue weighted by Gasteiger charge is 2.15. The summed E-state index contributed by atoms with van der Waals surface area (Å²) in [4.78, 5) is 12.3. The number of ether oxygens (including phenoxy) is 2. The van der Waals surface area contributed by atoms with Crippen molar-refractivity contribution in [3.8, 4) is 17.6 Å². The minimum Gasteiger partial charge on any atom is -0.493 e. The maximum Gasteiger partial charge on any atom is 0.286 e. The van der Waals surface area contributed by atoms with Gasteiger partial charge in [0.1, 0.15) is 6.07 Å². The summed E-state index contributed by atoms with van der Waals surface area (Å²) in [5.74, 6) is 0.513. The molecule has 1 heterocycles. The summed E-state index contributed by atoms with van der Waals surface area (Å²) in [6.45, 7) is -0.0854. The predicted octanol–water partition coefficient (Wildman–Crippen LogP) is 5.09. The van der Waals surface area contributed by atoms with Crippen LogP contribution in [0.1, 0.15) is 20.4 Å². The van der Waals surface area contributed by atoms with E-state index in [1.54, 1.807) is 48.5 Å². The molecular weight excluding hydrogens is 447 g/mol. The zero-order chi connectivity index (χ0) is 21.5. The summed E-state index contributed by atoms with van der Waals surface area (Å²) >= 11 is 13.3. The van der Waals surface area contributed by atoms with Gasteiger partial charge in [0.05, 0.1) is 12.1 Å². The molecule has 0 aliphatic rings. The molecule has 7 nitrogen and oxygen atoms in total. The Hall–Kier alpha value is -3.12. The lowest BCUT2D eigenvalue weighted by Gasteiger charge is -2.09. The van der Waals surface area contributed by atoms with Gasteiger partial charge >= 0.3 is 0 Å². The van der Waals surface area contributed by atoms with Gasteiger partial charge in [0.2, 0.25) is 5.01 Å². The number of hydrogen-bond acceptors (Lipinski definition) is 7. The second-order valence-corrected chi connectivity index (χ2v) is 7.54. The summed E-state index contributed by atoms with van der Waals surface area (Å²) in [5.41, 5.74) is 1.32. The van der Waals surface area contributed by atoms with E-state index in [0.717, 1.165) is 16.9 Å². The summed E-state index contributed by atoms with van der Waals surface area (Å²) in [7, 11) is 1.50. The molecule has 1 N–H and O–H groups in total. The van der Waals surface area contributed by atoms with Crippen LogP contribution in [0.25, 0.3) is 11.1 Å². The molecular formula is C20H14Cl2N4O3S. The number of anilines is 1. The highest BCUT2D eigenvalue weighted by Crippen LogP contribution is 2.31. The molecule has 0 saturated carbocycles. The van der Waals surface area contributed by atoms with Crippen LogP contribution in [0.2, 0.25) is 5.02 Å². The van der Waals surface area contributed by atoms with Gasteiger partial charge in [0.15, 0.2) is 23.1 Å². The first-order valence-corrected chi connectivity index (χ1v) is 10.0. The van der Waals surface area contributed by atoms with Gasteiger partial charge in [-0.1, -0.05) is 40.6 Å². The Bertz CT molecular complexity index is 1120. The van der Waals surface area contributed by atoms with Crippen LogP contribution in [0.3, 0.4) is 0 Å². The molecule has 0 atom stereocenters. The Kier molecular flexibility index (Phi) is 7.25. The van der Waals surface area contributed by atoms with Crippen molar-refractivity contribution in [3.63, 3.8) is 0 Å².